The number of anilines is 1. The van der Waals surface area contributed by atoms with E-state index in [9.17, 15) is 0 Å². The van der Waals surface area contributed by atoms with Gasteiger partial charge in [0.25, 0.3) is 0 Å². The second-order valence-corrected chi connectivity index (χ2v) is 4.48. The minimum absolute atomic E-state index is 0.414. The Kier molecular flexibility index (Phi) is 3.28. The molecule has 0 fully saturated rings. The molecule has 4 nitrogen and oxygen atoms in total. The molecule has 0 aliphatic rings. The minimum Gasteiger partial charge on any atom is -0.496 e. The number of aryl methyl sites for hydroxylation is 1. The number of rotatable bonds is 2. The summed E-state index contributed by atoms with van der Waals surface area (Å²) < 4.78 is 6.01. The monoisotopic (exact) mass is 293 g/mol. The Balaban J connectivity index is 2.55. The molecular formula is C12H12BrN3O. The van der Waals surface area contributed by atoms with Gasteiger partial charge < -0.3 is 10.5 Å². The van der Waals surface area contributed by atoms with Crippen LogP contribution in [0.4, 0.5) is 5.82 Å². The zero-order valence-corrected chi connectivity index (χ0v) is 11.2. The second kappa shape index (κ2) is 4.71. The number of nitrogens with zero attached hydrogens (tertiary/aromatic N) is 2. The fourth-order valence-corrected chi connectivity index (χ4v) is 1.68. The molecule has 1 aromatic carbocycles. The highest BCUT2D eigenvalue weighted by Crippen LogP contribution is 2.29. The van der Waals surface area contributed by atoms with E-state index in [0.717, 1.165) is 16.9 Å². The van der Waals surface area contributed by atoms with Crippen molar-refractivity contribution in [1.82, 2.24) is 9.97 Å². The van der Waals surface area contributed by atoms with Gasteiger partial charge in [0.05, 0.1) is 17.1 Å². The van der Waals surface area contributed by atoms with Gasteiger partial charge in [-0.3, -0.25) is 0 Å². The average molecular weight is 294 g/mol. The molecule has 1 heterocycles. The molecule has 2 aromatic rings. The summed E-state index contributed by atoms with van der Waals surface area (Å²) in [6.07, 6.45) is 1.64. The molecule has 0 bridgehead atoms. The Labute approximate surface area is 108 Å². The van der Waals surface area contributed by atoms with Gasteiger partial charge in [0.15, 0.2) is 5.82 Å². The lowest BCUT2D eigenvalue weighted by molar-refractivity contribution is 0.416. The van der Waals surface area contributed by atoms with Crippen molar-refractivity contribution in [3.63, 3.8) is 0 Å². The van der Waals surface area contributed by atoms with Crippen LogP contribution in [0.2, 0.25) is 0 Å². The number of nitrogen functional groups attached to an aromatic ring is 1. The molecule has 0 aliphatic heterocycles. The molecule has 0 saturated heterocycles. The highest BCUT2D eigenvalue weighted by atomic mass is 79.9. The molecule has 88 valence electrons. The van der Waals surface area contributed by atoms with Crippen LogP contribution in [0.15, 0.2) is 28.9 Å². The molecule has 0 atom stereocenters. The Morgan fingerprint density at radius 2 is 2.12 bits per heavy atom. The van der Waals surface area contributed by atoms with Crippen LogP contribution in [-0.4, -0.2) is 17.1 Å². The zero-order valence-electron chi connectivity index (χ0n) is 9.57. The Bertz CT molecular complexity index is 557. The van der Waals surface area contributed by atoms with Gasteiger partial charge in [-0.1, -0.05) is 6.07 Å². The first-order valence-corrected chi connectivity index (χ1v) is 5.84. The Hall–Kier alpha value is -1.62. The van der Waals surface area contributed by atoms with E-state index < -0.39 is 0 Å². The van der Waals surface area contributed by atoms with Crippen molar-refractivity contribution < 1.29 is 4.74 Å². The van der Waals surface area contributed by atoms with Crippen LogP contribution >= 0.6 is 15.9 Å². The molecule has 17 heavy (non-hydrogen) atoms. The van der Waals surface area contributed by atoms with E-state index in [1.54, 1.807) is 13.3 Å². The van der Waals surface area contributed by atoms with Crippen LogP contribution in [0.5, 0.6) is 5.75 Å². The van der Waals surface area contributed by atoms with E-state index in [4.69, 9.17) is 10.5 Å². The number of hydrogen-bond acceptors (Lipinski definition) is 4. The largest absolute Gasteiger partial charge is 0.496 e. The van der Waals surface area contributed by atoms with E-state index in [-0.39, 0.29) is 0 Å². The molecule has 0 amide bonds. The number of benzene rings is 1. The summed E-state index contributed by atoms with van der Waals surface area (Å²) in [4.78, 5) is 8.45. The first-order chi connectivity index (χ1) is 8.11. The zero-order chi connectivity index (χ0) is 12.4. The summed E-state index contributed by atoms with van der Waals surface area (Å²) in [6, 6.07) is 5.85. The third-order valence-electron chi connectivity index (χ3n) is 2.37. The lowest BCUT2D eigenvalue weighted by atomic mass is 10.1. The van der Waals surface area contributed by atoms with Gasteiger partial charge in [0, 0.05) is 6.20 Å². The minimum atomic E-state index is 0.414. The first-order valence-electron chi connectivity index (χ1n) is 5.05. The fourth-order valence-electron chi connectivity index (χ4n) is 1.49. The van der Waals surface area contributed by atoms with Gasteiger partial charge >= 0.3 is 0 Å². The van der Waals surface area contributed by atoms with Crippen molar-refractivity contribution in [2.45, 2.75) is 6.92 Å². The maximum absolute atomic E-state index is 5.74. The number of methoxy groups -OCH3 is 1. The average Bonchev–Trinajstić information content (AvgIpc) is 2.32. The Morgan fingerprint density at radius 3 is 2.76 bits per heavy atom. The SMILES string of the molecule is COc1cc(C)ccc1-c1ncc(Br)c(N)n1. The van der Waals surface area contributed by atoms with E-state index in [1.165, 1.54) is 0 Å². The number of halogens is 1. The van der Waals surface area contributed by atoms with Crippen LogP contribution in [0.25, 0.3) is 11.4 Å². The highest BCUT2D eigenvalue weighted by molar-refractivity contribution is 9.10. The molecule has 0 radical (unpaired) electrons. The third kappa shape index (κ3) is 2.39. The van der Waals surface area contributed by atoms with Gasteiger partial charge in [0.1, 0.15) is 11.6 Å². The van der Waals surface area contributed by atoms with Crippen molar-refractivity contribution in [3.05, 3.63) is 34.4 Å². The number of aromatic nitrogens is 2. The summed E-state index contributed by atoms with van der Waals surface area (Å²) in [7, 11) is 1.63. The van der Waals surface area contributed by atoms with Crippen LogP contribution < -0.4 is 10.5 Å². The van der Waals surface area contributed by atoms with Gasteiger partial charge in [-0.25, -0.2) is 9.97 Å². The maximum atomic E-state index is 5.74. The van der Waals surface area contributed by atoms with Crippen molar-refractivity contribution in [2.75, 3.05) is 12.8 Å². The van der Waals surface area contributed by atoms with Crippen molar-refractivity contribution in [3.8, 4) is 17.1 Å². The van der Waals surface area contributed by atoms with E-state index >= 15 is 0 Å². The normalized spacial score (nSPS) is 10.3. The number of ether oxygens (including phenoxy) is 1. The van der Waals surface area contributed by atoms with Crippen LogP contribution in [0.3, 0.4) is 0 Å². The predicted molar refractivity (Wildman–Crippen MR) is 70.9 cm³/mol. The third-order valence-corrected chi connectivity index (χ3v) is 2.98. The van der Waals surface area contributed by atoms with Gasteiger partial charge in [-0.05, 0) is 40.5 Å². The molecule has 0 aliphatic carbocycles. The lowest BCUT2D eigenvalue weighted by Crippen LogP contribution is -1.98. The molecule has 0 spiro atoms. The number of nitrogens with two attached hydrogens (primary N) is 1. The lowest BCUT2D eigenvalue weighted by Gasteiger charge is -2.08. The fraction of sp³-hybridized carbons (Fsp3) is 0.167. The van der Waals surface area contributed by atoms with Crippen LogP contribution in [0.1, 0.15) is 5.56 Å². The quantitative estimate of drug-likeness (QED) is 0.925. The summed E-state index contributed by atoms with van der Waals surface area (Å²) in [5.41, 5.74) is 7.69. The smallest absolute Gasteiger partial charge is 0.165 e. The number of hydrogen-bond donors (Lipinski definition) is 1. The molecule has 2 N–H and O–H groups in total. The summed E-state index contributed by atoms with van der Waals surface area (Å²) in [5, 5.41) is 0. The van der Waals surface area contributed by atoms with Crippen molar-refractivity contribution in [2.24, 2.45) is 0 Å². The highest BCUT2D eigenvalue weighted by Gasteiger charge is 2.10. The molecule has 2 rings (SSSR count). The second-order valence-electron chi connectivity index (χ2n) is 3.63. The topological polar surface area (TPSA) is 61.0 Å². The van der Waals surface area contributed by atoms with E-state index in [1.807, 2.05) is 25.1 Å². The van der Waals surface area contributed by atoms with Gasteiger partial charge in [-0.2, -0.15) is 0 Å². The van der Waals surface area contributed by atoms with Gasteiger partial charge in [-0.15, -0.1) is 0 Å². The van der Waals surface area contributed by atoms with Crippen molar-refractivity contribution >= 4 is 21.7 Å². The van der Waals surface area contributed by atoms with E-state index in [0.29, 0.717) is 16.1 Å². The summed E-state index contributed by atoms with van der Waals surface area (Å²) in [5.74, 6) is 1.71. The molecule has 0 saturated carbocycles. The molecular weight excluding hydrogens is 282 g/mol. The summed E-state index contributed by atoms with van der Waals surface area (Å²) in [6.45, 7) is 2.00. The first kappa shape index (κ1) is 11.9. The van der Waals surface area contributed by atoms with E-state index in [2.05, 4.69) is 25.9 Å². The molecule has 1 aromatic heterocycles. The van der Waals surface area contributed by atoms with Crippen molar-refractivity contribution in [1.29, 1.82) is 0 Å². The predicted octanol–water partition coefficient (Wildman–Crippen LogP) is 2.81. The van der Waals surface area contributed by atoms with Crippen LogP contribution in [-0.2, 0) is 0 Å². The Morgan fingerprint density at radius 1 is 1.35 bits per heavy atom. The molecule has 0 unspecified atom stereocenters. The molecule has 5 heteroatoms. The standard InChI is InChI=1S/C12H12BrN3O/c1-7-3-4-8(10(5-7)17-2)12-15-6-9(13)11(14)16-12/h3-6H,1-2H3,(H2,14,15,16). The maximum Gasteiger partial charge on any atom is 0.165 e. The van der Waals surface area contributed by atoms with Gasteiger partial charge in [0.2, 0.25) is 0 Å². The summed E-state index contributed by atoms with van der Waals surface area (Å²) >= 11 is 3.27. The van der Waals surface area contributed by atoms with Crippen LogP contribution in [0, 0.1) is 6.92 Å².